The van der Waals surface area contributed by atoms with Gasteiger partial charge in [-0.2, -0.15) is 0 Å². The smallest absolute Gasteiger partial charge is 0.255 e. The molecule has 5 heteroatoms. The topological polar surface area (TPSA) is 47.6 Å². The molecule has 0 saturated heterocycles. The summed E-state index contributed by atoms with van der Waals surface area (Å²) >= 11 is 5.80. The molecule has 0 aliphatic rings. The summed E-state index contributed by atoms with van der Waals surface area (Å²) in [6.45, 7) is 2.76. The van der Waals surface area contributed by atoms with Crippen LogP contribution in [-0.4, -0.2) is 32.6 Å². The zero-order chi connectivity index (χ0) is 15.7. The van der Waals surface area contributed by atoms with E-state index in [0.717, 1.165) is 19.3 Å². The maximum absolute atomic E-state index is 12.3. The molecule has 0 bridgehead atoms. The van der Waals surface area contributed by atoms with E-state index in [1.165, 1.54) is 7.11 Å². The zero-order valence-electron chi connectivity index (χ0n) is 12.9. The van der Waals surface area contributed by atoms with Gasteiger partial charge in [-0.1, -0.05) is 19.4 Å². The SMILES string of the molecule is CCCC(CCCl)CNC(=O)c1cccc(OC)c1OC. The van der Waals surface area contributed by atoms with Gasteiger partial charge in [0.05, 0.1) is 19.8 Å². The van der Waals surface area contributed by atoms with Crippen LogP contribution in [0.4, 0.5) is 0 Å². The van der Waals surface area contributed by atoms with Crippen LogP contribution in [0, 0.1) is 5.92 Å². The minimum Gasteiger partial charge on any atom is -0.493 e. The lowest BCUT2D eigenvalue weighted by molar-refractivity contribution is 0.0942. The molecule has 1 atom stereocenters. The van der Waals surface area contributed by atoms with E-state index in [9.17, 15) is 4.79 Å². The second-order valence-corrected chi connectivity index (χ2v) is 5.26. The Morgan fingerprint density at radius 3 is 2.62 bits per heavy atom. The Hall–Kier alpha value is -1.42. The predicted octanol–water partition coefficient (Wildman–Crippen LogP) is 3.48. The van der Waals surface area contributed by atoms with Gasteiger partial charge in [-0.15, -0.1) is 11.6 Å². The quantitative estimate of drug-likeness (QED) is 0.710. The molecule has 1 aromatic rings. The lowest BCUT2D eigenvalue weighted by Gasteiger charge is -2.17. The highest BCUT2D eigenvalue weighted by Crippen LogP contribution is 2.30. The normalized spacial score (nSPS) is 11.8. The number of alkyl halides is 1. The third-order valence-corrected chi connectivity index (χ3v) is 3.63. The van der Waals surface area contributed by atoms with Crippen LogP contribution < -0.4 is 14.8 Å². The summed E-state index contributed by atoms with van der Waals surface area (Å²) in [5.41, 5.74) is 0.484. The molecule has 0 aromatic heterocycles. The molecule has 1 rings (SSSR count). The molecule has 0 fully saturated rings. The van der Waals surface area contributed by atoms with Crippen molar-refractivity contribution in [2.45, 2.75) is 26.2 Å². The van der Waals surface area contributed by atoms with Gasteiger partial charge in [0.25, 0.3) is 5.91 Å². The number of para-hydroxylation sites is 1. The summed E-state index contributed by atoms with van der Waals surface area (Å²) in [5.74, 6) is 1.88. The minimum absolute atomic E-state index is 0.151. The third kappa shape index (κ3) is 5.12. The van der Waals surface area contributed by atoms with Crippen molar-refractivity contribution >= 4 is 17.5 Å². The van der Waals surface area contributed by atoms with Gasteiger partial charge >= 0.3 is 0 Å². The Morgan fingerprint density at radius 2 is 2.05 bits per heavy atom. The van der Waals surface area contributed by atoms with E-state index < -0.39 is 0 Å². The Labute approximate surface area is 131 Å². The van der Waals surface area contributed by atoms with Crippen LogP contribution >= 0.6 is 11.6 Å². The van der Waals surface area contributed by atoms with E-state index in [2.05, 4.69) is 12.2 Å². The first-order chi connectivity index (χ1) is 10.2. The average molecular weight is 314 g/mol. The van der Waals surface area contributed by atoms with Crippen LogP contribution in [0.3, 0.4) is 0 Å². The average Bonchev–Trinajstić information content (AvgIpc) is 2.51. The number of carbonyl (C=O) groups excluding carboxylic acids is 1. The minimum atomic E-state index is -0.151. The van der Waals surface area contributed by atoms with Crippen molar-refractivity contribution in [3.8, 4) is 11.5 Å². The molecule has 21 heavy (non-hydrogen) atoms. The molecule has 0 saturated carbocycles. The number of rotatable bonds is 9. The number of halogens is 1. The van der Waals surface area contributed by atoms with Crippen LogP contribution in [0.5, 0.6) is 11.5 Å². The van der Waals surface area contributed by atoms with E-state index >= 15 is 0 Å². The standard InChI is InChI=1S/C16H24ClNO3/c1-4-6-12(9-10-17)11-18-16(19)13-7-5-8-14(20-2)15(13)21-3/h5,7-8,12H,4,6,9-11H2,1-3H3,(H,18,19). The van der Waals surface area contributed by atoms with Gasteiger partial charge in [0, 0.05) is 12.4 Å². The fraction of sp³-hybridized carbons (Fsp3) is 0.562. The van der Waals surface area contributed by atoms with E-state index in [0.29, 0.717) is 35.4 Å². The highest BCUT2D eigenvalue weighted by atomic mass is 35.5. The van der Waals surface area contributed by atoms with E-state index in [4.69, 9.17) is 21.1 Å². The van der Waals surface area contributed by atoms with Gasteiger partial charge in [-0.05, 0) is 30.9 Å². The fourth-order valence-electron chi connectivity index (χ4n) is 2.31. The van der Waals surface area contributed by atoms with Crippen LogP contribution in [-0.2, 0) is 0 Å². The number of hydrogen-bond acceptors (Lipinski definition) is 3. The molecular weight excluding hydrogens is 290 g/mol. The van der Waals surface area contributed by atoms with Crippen molar-refractivity contribution in [3.05, 3.63) is 23.8 Å². The summed E-state index contributed by atoms with van der Waals surface area (Å²) in [7, 11) is 3.08. The number of methoxy groups -OCH3 is 2. The zero-order valence-corrected chi connectivity index (χ0v) is 13.7. The number of benzene rings is 1. The second kappa shape index (κ2) is 9.50. The maximum Gasteiger partial charge on any atom is 0.255 e. The molecular formula is C16H24ClNO3. The Balaban J connectivity index is 2.75. The van der Waals surface area contributed by atoms with E-state index in [1.54, 1.807) is 25.3 Å². The number of amides is 1. The van der Waals surface area contributed by atoms with Crippen molar-refractivity contribution in [1.29, 1.82) is 0 Å². The molecule has 1 amide bonds. The summed E-state index contributed by atoms with van der Waals surface area (Å²) in [4.78, 5) is 12.3. The van der Waals surface area contributed by atoms with Crippen molar-refractivity contribution < 1.29 is 14.3 Å². The van der Waals surface area contributed by atoms with E-state index in [1.807, 2.05) is 0 Å². The van der Waals surface area contributed by atoms with Crippen molar-refractivity contribution in [1.82, 2.24) is 5.32 Å². The second-order valence-electron chi connectivity index (χ2n) is 4.88. The van der Waals surface area contributed by atoms with Gasteiger partial charge in [-0.3, -0.25) is 4.79 Å². The molecule has 118 valence electrons. The maximum atomic E-state index is 12.3. The monoisotopic (exact) mass is 313 g/mol. The summed E-state index contributed by atoms with van der Waals surface area (Å²) < 4.78 is 10.5. The number of hydrogen-bond donors (Lipinski definition) is 1. The lowest BCUT2D eigenvalue weighted by Crippen LogP contribution is -2.30. The van der Waals surface area contributed by atoms with Gasteiger partial charge in [-0.25, -0.2) is 0 Å². The van der Waals surface area contributed by atoms with Crippen molar-refractivity contribution in [2.24, 2.45) is 5.92 Å². The first-order valence-electron chi connectivity index (χ1n) is 7.23. The Bertz CT molecular complexity index is 445. The van der Waals surface area contributed by atoms with Gasteiger partial charge < -0.3 is 14.8 Å². The predicted molar refractivity (Wildman–Crippen MR) is 85.6 cm³/mol. The molecule has 4 nitrogen and oxygen atoms in total. The van der Waals surface area contributed by atoms with Crippen LogP contribution in [0.1, 0.15) is 36.5 Å². The first kappa shape index (κ1) is 17.6. The molecule has 1 unspecified atom stereocenters. The largest absolute Gasteiger partial charge is 0.493 e. The third-order valence-electron chi connectivity index (χ3n) is 3.41. The van der Waals surface area contributed by atoms with Crippen LogP contribution in [0.2, 0.25) is 0 Å². The number of nitrogens with one attached hydrogen (secondary N) is 1. The lowest BCUT2D eigenvalue weighted by atomic mass is 10.0. The number of ether oxygens (including phenoxy) is 2. The molecule has 0 spiro atoms. The highest BCUT2D eigenvalue weighted by Gasteiger charge is 2.17. The van der Waals surface area contributed by atoms with Gasteiger partial charge in [0.2, 0.25) is 0 Å². The first-order valence-corrected chi connectivity index (χ1v) is 7.76. The summed E-state index contributed by atoms with van der Waals surface area (Å²) in [6, 6.07) is 5.27. The van der Waals surface area contributed by atoms with Gasteiger partial charge in [0.15, 0.2) is 11.5 Å². The van der Waals surface area contributed by atoms with Crippen LogP contribution in [0.15, 0.2) is 18.2 Å². The molecule has 0 aliphatic carbocycles. The van der Waals surface area contributed by atoms with Gasteiger partial charge in [0.1, 0.15) is 0 Å². The summed E-state index contributed by atoms with van der Waals surface area (Å²) in [6.07, 6.45) is 3.05. The molecule has 0 aliphatic heterocycles. The van der Waals surface area contributed by atoms with Crippen molar-refractivity contribution in [2.75, 3.05) is 26.6 Å². The Kier molecular flexibility index (Phi) is 7.98. The highest BCUT2D eigenvalue weighted by molar-refractivity contribution is 6.17. The van der Waals surface area contributed by atoms with E-state index in [-0.39, 0.29) is 5.91 Å². The number of carbonyl (C=O) groups is 1. The molecule has 0 heterocycles. The fourth-order valence-corrected chi connectivity index (χ4v) is 2.62. The summed E-state index contributed by atoms with van der Waals surface area (Å²) in [5, 5.41) is 2.96. The molecule has 1 N–H and O–H groups in total. The Morgan fingerprint density at radius 1 is 1.29 bits per heavy atom. The molecule has 0 radical (unpaired) electrons. The molecule has 1 aromatic carbocycles. The van der Waals surface area contributed by atoms with Crippen LogP contribution in [0.25, 0.3) is 0 Å². The van der Waals surface area contributed by atoms with Crippen molar-refractivity contribution in [3.63, 3.8) is 0 Å².